The third kappa shape index (κ3) is 6.64. The molecule has 6 heteroatoms. The van der Waals surface area contributed by atoms with Gasteiger partial charge in [0.15, 0.2) is 0 Å². The van der Waals surface area contributed by atoms with Crippen LogP contribution in [-0.2, 0) is 11.2 Å². The predicted octanol–water partition coefficient (Wildman–Crippen LogP) is 5.52. The second-order valence-corrected chi connectivity index (χ2v) is 9.23. The number of hydrogen-bond acceptors (Lipinski definition) is 4. The van der Waals surface area contributed by atoms with E-state index in [1.54, 1.807) is 13.3 Å². The Labute approximate surface area is 205 Å². The number of ether oxygens (including phenoxy) is 2. The molecule has 0 aliphatic heterocycles. The van der Waals surface area contributed by atoms with Gasteiger partial charge in [0, 0.05) is 47.8 Å². The van der Waals surface area contributed by atoms with Gasteiger partial charge < -0.3 is 19.4 Å². The van der Waals surface area contributed by atoms with Crippen molar-refractivity contribution < 1.29 is 14.3 Å². The number of pyridine rings is 1. The maximum atomic E-state index is 12.4. The van der Waals surface area contributed by atoms with Crippen LogP contribution in [0.15, 0.2) is 79.4 Å². The Kier molecular flexibility index (Phi) is 7.07. The fraction of sp³-hybridized carbons (Fsp3) is 0.241. The molecule has 0 fully saturated rings. The van der Waals surface area contributed by atoms with E-state index in [0.29, 0.717) is 6.42 Å². The van der Waals surface area contributed by atoms with E-state index in [1.165, 1.54) is 0 Å². The molecule has 1 atom stereocenters. The van der Waals surface area contributed by atoms with Crippen molar-refractivity contribution in [1.82, 2.24) is 14.9 Å². The SMILES string of the molecule is COc1ccc(C[C@@H](C#Cc2ccn(-c3ccc4cnccc4c3)c2)NC(=O)OC(C)(C)C)cc1. The van der Waals surface area contributed by atoms with Gasteiger partial charge in [0.05, 0.1) is 13.2 Å². The topological polar surface area (TPSA) is 65.4 Å². The summed E-state index contributed by atoms with van der Waals surface area (Å²) in [6.45, 7) is 5.51. The molecule has 4 rings (SSSR count). The monoisotopic (exact) mass is 467 g/mol. The third-order valence-electron chi connectivity index (χ3n) is 5.30. The number of carbonyl (C=O) groups excluding carboxylic acids is 1. The highest BCUT2D eigenvalue weighted by Gasteiger charge is 2.19. The van der Waals surface area contributed by atoms with Gasteiger partial charge in [-0.25, -0.2) is 4.79 Å². The summed E-state index contributed by atoms with van der Waals surface area (Å²) in [5.41, 5.74) is 2.34. The lowest BCUT2D eigenvalue weighted by Gasteiger charge is -2.21. The van der Waals surface area contributed by atoms with Crippen LogP contribution < -0.4 is 10.1 Å². The van der Waals surface area contributed by atoms with E-state index in [1.807, 2.05) is 80.3 Å². The second kappa shape index (κ2) is 10.4. The van der Waals surface area contributed by atoms with Crippen LogP contribution in [-0.4, -0.2) is 34.4 Å². The van der Waals surface area contributed by atoms with Crippen LogP contribution in [0, 0.1) is 11.8 Å². The number of fused-ring (bicyclic) bond motifs is 1. The number of nitrogens with one attached hydrogen (secondary N) is 1. The molecular weight excluding hydrogens is 438 g/mol. The number of aromatic nitrogens is 2. The van der Waals surface area contributed by atoms with Crippen LogP contribution in [0.4, 0.5) is 4.79 Å². The number of rotatable bonds is 5. The zero-order valence-electron chi connectivity index (χ0n) is 20.4. The number of alkyl carbamates (subject to hydrolysis) is 1. The van der Waals surface area contributed by atoms with Crippen molar-refractivity contribution in [3.05, 3.63) is 90.5 Å². The molecule has 1 amide bonds. The standard InChI is InChI=1S/C29H29N3O3/c1-29(2,3)35-28(33)31-25(17-21-6-11-27(34-4)12-7-21)9-5-22-14-16-32(20-22)26-10-8-24-19-30-15-13-23(24)18-26/h6-8,10-16,18-20,25H,17H2,1-4H3,(H,31,33)/t25-/m1/s1. The molecule has 0 unspecified atom stereocenters. The number of hydrogen-bond donors (Lipinski definition) is 1. The maximum Gasteiger partial charge on any atom is 0.408 e. The first-order chi connectivity index (χ1) is 16.8. The van der Waals surface area contributed by atoms with Crippen LogP contribution in [0.1, 0.15) is 31.9 Å². The Balaban J connectivity index is 1.54. The zero-order valence-corrected chi connectivity index (χ0v) is 20.4. The van der Waals surface area contributed by atoms with Gasteiger partial charge in [-0.05, 0) is 68.1 Å². The van der Waals surface area contributed by atoms with E-state index >= 15 is 0 Å². The molecule has 2 heterocycles. The summed E-state index contributed by atoms with van der Waals surface area (Å²) in [6.07, 6.45) is 7.65. The van der Waals surface area contributed by atoms with Crippen LogP contribution >= 0.6 is 0 Å². The molecule has 4 aromatic rings. The van der Waals surface area contributed by atoms with Gasteiger partial charge in [-0.1, -0.05) is 30.0 Å². The number of carbonyl (C=O) groups is 1. The summed E-state index contributed by atoms with van der Waals surface area (Å²) in [7, 11) is 1.63. The summed E-state index contributed by atoms with van der Waals surface area (Å²) in [5.74, 6) is 7.20. The van der Waals surface area contributed by atoms with Gasteiger partial charge in [0.25, 0.3) is 0 Å². The van der Waals surface area contributed by atoms with Gasteiger partial charge in [0.1, 0.15) is 11.4 Å². The molecule has 0 radical (unpaired) electrons. The molecule has 0 saturated heterocycles. The number of nitrogens with zero attached hydrogens (tertiary/aromatic N) is 2. The summed E-state index contributed by atoms with van der Waals surface area (Å²) in [6, 6.07) is 17.5. The minimum Gasteiger partial charge on any atom is -0.497 e. The van der Waals surface area contributed by atoms with Gasteiger partial charge in [-0.3, -0.25) is 4.98 Å². The number of amides is 1. The van der Waals surface area contributed by atoms with E-state index < -0.39 is 17.7 Å². The summed E-state index contributed by atoms with van der Waals surface area (Å²) in [4.78, 5) is 16.6. The minimum absolute atomic E-state index is 0.422. The first kappa shape index (κ1) is 23.9. The molecular formula is C29H29N3O3. The molecule has 2 aromatic carbocycles. The average Bonchev–Trinajstić information content (AvgIpc) is 3.30. The van der Waals surface area contributed by atoms with E-state index in [2.05, 4.69) is 40.3 Å². The molecule has 0 aliphatic rings. The number of methoxy groups -OCH3 is 1. The van der Waals surface area contributed by atoms with Crippen molar-refractivity contribution in [3.8, 4) is 23.3 Å². The summed E-state index contributed by atoms with van der Waals surface area (Å²) in [5, 5.41) is 5.12. The van der Waals surface area contributed by atoms with Crippen molar-refractivity contribution in [1.29, 1.82) is 0 Å². The maximum absolute atomic E-state index is 12.4. The molecule has 0 saturated carbocycles. The molecule has 0 bridgehead atoms. The smallest absolute Gasteiger partial charge is 0.408 e. The van der Waals surface area contributed by atoms with E-state index in [4.69, 9.17) is 9.47 Å². The highest BCUT2D eigenvalue weighted by Crippen LogP contribution is 2.18. The Morgan fingerprint density at radius 3 is 2.63 bits per heavy atom. The van der Waals surface area contributed by atoms with E-state index in [9.17, 15) is 4.79 Å². The van der Waals surface area contributed by atoms with Crippen molar-refractivity contribution in [3.63, 3.8) is 0 Å². The van der Waals surface area contributed by atoms with E-state index in [0.717, 1.165) is 33.3 Å². The van der Waals surface area contributed by atoms with Gasteiger partial charge >= 0.3 is 6.09 Å². The molecule has 6 nitrogen and oxygen atoms in total. The normalized spacial score (nSPS) is 11.9. The van der Waals surface area contributed by atoms with Crippen molar-refractivity contribution in [2.75, 3.05) is 7.11 Å². The summed E-state index contributed by atoms with van der Waals surface area (Å²) >= 11 is 0. The molecule has 35 heavy (non-hydrogen) atoms. The lowest BCUT2D eigenvalue weighted by molar-refractivity contribution is 0.0516. The lowest BCUT2D eigenvalue weighted by atomic mass is 10.1. The first-order valence-corrected chi connectivity index (χ1v) is 11.5. The van der Waals surface area contributed by atoms with E-state index in [-0.39, 0.29) is 0 Å². The average molecular weight is 468 g/mol. The Morgan fingerprint density at radius 1 is 1.09 bits per heavy atom. The second-order valence-electron chi connectivity index (χ2n) is 9.23. The van der Waals surface area contributed by atoms with Gasteiger partial charge in [0.2, 0.25) is 0 Å². The van der Waals surface area contributed by atoms with Crippen LogP contribution in [0.5, 0.6) is 5.75 Å². The molecule has 178 valence electrons. The van der Waals surface area contributed by atoms with Crippen LogP contribution in [0.3, 0.4) is 0 Å². The van der Waals surface area contributed by atoms with Crippen molar-refractivity contribution in [2.45, 2.75) is 38.8 Å². The fourth-order valence-corrected chi connectivity index (χ4v) is 3.62. The molecule has 1 N–H and O–H groups in total. The molecule has 0 spiro atoms. The zero-order chi connectivity index (χ0) is 24.8. The van der Waals surface area contributed by atoms with Crippen molar-refractivity contribution >= 4 is 16.9 Å². The largest absolute Gasteiger partial charge is 0.497 e. The van der Waals surface area contributed by atoms with Gasteiger partial charge in [-0.2, -0.15) is 0 Å². The quantitative estimate of drug-likeness (QED) is 0.393. The Bertz CT molecular complexity index is 1370. The van der Waals surface area contributed by atoms with Crippen molar-refractivity contribution in [2.24, 2.45) is 0 Å². The van der Waals surface area contributed by atoms with Gasteiger partial charge in [-0.15, -0.1) is 0 Å². The highest BCUT2D eigenvalue weighted by atomic mass is 16.6. The lowest BCUT2D eigenvalue weighted by Crippen LogP contribution is -2.39. The fourth-order valence-electron chi connectivity index (χ4n) is 3.62. The summed E-state index contributed by atoms with van der Waals surface area (Å²) < 4.78 is 12.7. The predicted molar refractivity (Wildman–Crippen MR) is 138 cm³/mol. The minimum atomic E-state index is -0.588. The van der Waals surface area contributed by atoms with Crippen LogP contribution in [0.2, 0.25) is 0 Å². The Morgan fingerprint density at radius 2 is 1.89 bits per heavy atom. The van der Waals surface area contributed by atoms with Crippen LogP contribution in [0.25, 0.3) is 16.5 Å². The molecule has 2 aromatic heterocycles. The highest BCUT2D eigenvalue weighted by molar-refractivity contribution is 5.83. The molecule has 0 aliphatic carbocycles. The first-order valence-electron chi connectivity index (χ1n) is 11.5. The third-order valence-corrected chi connectivity index (χ3v) is 5.30. The number of benzene rings is 2. The Hall–Kier alpha value is -4.24.